The van der Waals surface area contributed by atoms with Gasteiger partial charge in [-0.15, -0.1) is 5.10 Å². The summed E-state index contributed by atoms with van der Waals surface area (Å²) in [5.74, 6) is 0.446. The number of benzene rings is 1. The van der Waals surface area contributed by atoms with Crippen LogP contribution in [0.15, 0.2) is 34.9 Å². The highest BCUT2D eigenvalue weighted by Crippen LogP contribution is 2.31. The lowest BCUT2D eigenvalue weighted by molar-refractivity contribution is 0.136. The minimum atomic E-state index is -2.72. The van der Waals surface area contributed by atoms with Crippen molar-refractivity contribution in [2.75, 3.05) is 13.1 Å². The molecule has 2 aromatic heterocycles. The Bertz CT molecular complexity index is 857. The Morgan fingerprint density at radius 3 is 2.81 bits per heavy atom. The van der Waals surface area contributed by atoms with Crippen LogP contribution in [0.4, 0.5) is 8.78 Å². The summed E-state index contributed by atoms with van der Waals surface area (Å²) in [5, 5.41) is 14.8. The van der Waals surface area contributed by atoms with Gasteiger partial charge in [-0.25, -0.2) is 13.5 Å². The van der Waals surface area contributed by atoms with Gasteiger partial charge in [0.2, 0.25) is 0 Å². The first kappa shape index (κ1) is 16.8. The van der Waals surface area contributed by atoms with Gasteiger partial charge >= 0.3 is 0 Å². The Kier molecular flexibility index (Phi) is 4.70. The van der Waals surface area contributed by atoms with E-state index in [0.717, 1.165) is 24.9 Å². The molecular formula is C17H18F2N6O. The normalized spacial score (nSPS) is 17.3. The number of halogens is 2. The molecule has 0 amide bonds. The molecule has 1 fully saturated rings. The van der Waals surface area contributed by atoms with Crippen molar-refractivity contribution in [3.05, 3.63) is 47.4 Å². The second kappa shape index (κ2) is 7.28. The van der Waals surface area contributed by atoms with E-state index in [0.29, 0.717) is 18.8 Å². The van der Waals surface area contributed by atoms with Crippen molar-refractivity contribution in [3.63, 3.8) is 0 Å². The van der Waals surface area contributed by atoms with Crippen LogP contribution in [0, 0.1) is 0 Å². The number of nitrogens with one attached hydrogen (secondary N) is 1. The summed E-state index contributed by atoms with van der Waals surface area (Å²) < 4.78 is 33.7. The second-order valence-corrected chi connectivity index (χ2v) is 6.22. The molecular weight excluding hydrogens is 342 g/mol. The second-order valence-electron chi connectivity index (χ2n) is 6.22. The highest BCUT2D eigenvalue weighted by Gasteiger charge is 2.31. The molecule has 136 valence electrons. The fourth-order valence-electron chi connectivity index (χ4n) is 3.13. The van der Waals surface area contributed by atoms with Crippen LogP contribution in [0.2, 0.25) is 0 Å². The largest absolute Gasteiger partial charge is 0.332 e. The highest BCUT2D eigenvalue weighted by molar-refractivity contribution is 5.50. The van der Waals surface area contributed by atoms with Crippen LogP contribution < -0.4 is 5.32 Å². The van der Waals surface area contributed by atoms with Gasteiger partial charge in [0.25, 0.3) is 12.3 Å². The maximum atomic E-state index is 13.6. The Labute approximate surface area is 148 Å². The molecule has 1 unspecified atom stereocenters. The van der Waals surface area contributed by atoms with Crippen molar-refractivity contribution < 1.29 is 13.3 Å². The third-order valence-electron chi connectivity index (χ3n) is 4.47. The van der Waals surface area contributed by atoms with Gasteiger partial charge < -0.3 is 9.84 Å². The molecule has 0 bridgehead atoms. The van der Waals surface area contributed by atoms with Crippen molar-refractivity contribution in [1.29, 1.82) is 0 Å². The van der Waals surface area contributed by atoms with Gasteiger partial charge in [0.1, 0.15) is 5.69 Å². The van der Waals surface area contributed by atoms with Crippen LogP contribution in [0.3, 0.4) is 0 Å². The van der Waals surface area contributed by atoms with Gasteiger partial charge in [-0.05, 0) is 24.9 Å². The molecule has 9 heteroatoms. The zero-order valence-corrected chi connectivity index (χ0v) is 14.0. The molecule has 0 aliphatic carbocycles. The summed E-state index contributed by atoms with van der Waals surface area (Å²) in [4.78, 5) is 4.24. The predicted molar refractivity (Wildman–Crippen MR) is 88.6 cm³/mol. The lowest BCUT2D eigenvalue weighted by Crippen LogP contribution is -2.17. The van der Waals surface area contributed by atoms with Crippen molar-refractivity contribution in [3.8, 4) is 11.6 Å². The molecule has 3 aromatic rings. The van der Waals surface area contributed by atoms with E-state index in [1.54, 1.807) is 0 Å². The average molecular weight is 360 g/mol. The van der Waals surface area contributed by atoms with Crippen molar-refractivity contribution in [1.82, 2.24) is 30.5 Å². The van der Waals surface area contributed by atoms with E-state index in [4.69, 9.17) is 4.52 Å². The third kappa shape index (κ3) is 3.34. The van der Waals surface area contributed by atoms with Crippen LogP contribution in [0.25, 0.3) is 11.6 Å². The van der Waals surface area contributed by atoms with Gasteiger partial charge in [-0.1, -0.05) is 40.7 Å². The first-order chi connectivity index (χ1) is 12.7. The Hall–Kier alpha value is -2.68. The maximum absolute atomic E-state index is 13.6. The molecule has 1 N–H and O–H groups in total. The molecule has 1 saturated heterocycles. The number of aromatic nitrogens is 5. The lowest BCUT2D eigenvalue weighted by Gasteiger charge is -2.11. The summed E-state index contributed by atoms with van der Waals surface area (Å²) in [6.07, 6.45) is -0.699. The standard InChI is InChI=1S/C17H18F2N6O/c18-16(19)15-14(22-24-25(15)12-8-9-20-10-12)17-21-13(23-26-17)7-6-11-4-2-1-3-5-11/h1-5,12,16,20H,6-10H2. The van der Waals surface area contributed by atoms with E-state index in [1.807, 2.05) is 30.3 Å². The van der Waals surface area contributed by atoms with E-state index >= 15 is 0 Å². The van der Waals surface area contributed by atoms with Crippen LogP contribution in [0.5, 0.6) is 0 Å². The van der Waals surface area contributed by atoms with E-state index in [9.17, 15) is 8.78 Å². The summed E-state index contributed by atoms with van der Waals surface area (Å²) in [7, 11) is 0. The Morgan fingerprint density at radius 1 is 1.23 bits per heavy atom. The van der Waals surface area contributed by atoms with Gasteiger partial charge in [-0.2, -0.15) is 4.98 Å². The average Bonchev–Trinajstić information content (AvgIpc) is 3.39. The van der Waals surface area contributed by atoms with Gasteiger partial charge in [-0.3, -0.25) is 0 Å². The number of rotatable bonds is 6. The lowest BCUT2D eigenvalue weighted by atomic mass is 10.1. The van der Waals surface area contributed by atoms with Crippen LogP contribution >= 0.6 is 0 Å². The van der Waals surface area contributed by atoms with Gasteiger partial charge in [0.05, 0.1) is 6.04 Å². The first-order valence-electron chi connectivity index (χ1n) is 8.53. The van der Waals surface area contributed by atoms with Crippen LogP contribution in [0.1, 0.15) is 36.0 Å². The molecule has 0 radical (unpaired) electrons. The summed E-state index contributed by atoms with van der Waals surface area (Å²) in [5.41, 5.74) is 0.842. The monoisotopic (exact) mass is 360 g/mol. The highest BCUT2D eigenvalue weighted by atomic mass is 19.3. The fraction of sp³-hybridized carbons (Fsp3) is 0.412. The predicted octanol–water partition coefficient (Wildman–Crippen LogP) is 2.59. The molecule has 1 atom stereocenters. The fourth-order valence-corrected chi connectivity index (χ4v) is 3.13. The maximum Gasteiger partial charge on any atom is 0.282 e. The topological polar surface area (TPSA) is 81.7 Å². The van der Waals surface area contributed by atoms with Gasteiger partial charge in [0, 0.05) is 13.0 Å². The van der Waals surface area contributed by atoms with E-state index in [1.165, 1.54) is 4.68 Å². The Morgan fingerprint density at radius 2 is 2.08 bits per heavy atom. The molecule has 7 nitrogen and oxygen atoms in total. The summed E-state index contributed by atoms with van der Waals surface area (Å²) >= 11 is 0. The molecule has 0 saturated carbocycles. The van der Waals surface area contributed by atoms with Crippen LogP contribution in [-0.2, 0) is 12.8 Å². The minimum Gasteiger partial charge on any atom is -0.332 e. The molecule has 3 heterocycles. The molecule has 4 rings (SSSR count). The molecule has 0 spiro atoms. The zero-order valence-electron chi connectivity index (χ0n) is 14.0. The molecule has 1 aliphatic heterocycles. The molecule has 1 aromatic carbocycles. The van der Waals surface area contributed by atoms with E-state index in [2.05, 4.69) is 25.8 Å². The number of hydrogen-bond acceptors (Lipinski definition) is 6. The van der Waals surface area contributed by atoms with Crippen molar-refractivity contribution in [2.24, 2.45) is 0 Å². The number of nitrogens with zero attached hydrogens (tertiary/aromatic N) is 5. The first-order valence-corrected chi connectivity index (χ1v) is 8.53. The third-order valence-corrected chi connectivity index (χ3v) is 4.47. The summed E-state index contributed by atoms with van der Waals surface area (Å²) in [6, 6.07) is 9.75. The molecule has 1 aliphatic rings. The Balaban J connectivity index is 1.55. The zero-order chi connectivity index (χ0) is 17.9. The molecule has 26 heavy (non-hydrogen) atoms. The van der Waals surface area contributed by atoms with E-state index in [-0.39, 0.29) is 23.3 Å². The van der Waals surface area contributed by atoms with Gasteiger partial charge in [0.15, 0.2) is 11.5 Å². The number of alkyl halides is 2. The SMILES string of the molecule is FC(F)c1c(-c2nc(CCc3ccccc3)no2)nnn1C1CCNC1. The summed E-state index contributed by atoms with van der Waals surface area (Å²) in [6.45, 7) is 1.36. The number of aryl methyl sites for hydroxylation is 2. The van der Waals surface area contributed by atoms with Crippen LogP contribution in [-0.4, -0.2) is 38.2 Å². The minimum absolute atomic E-state index is 0.0134. The van der Waals surface area contributed by atoms with Crippen molar-refractivity contribution >= 4 is 0 Å². The number of hydrogen-bond donors (Lipinski definition) is 1. The van der Waals surface area contributed by atoms with E-state index < -0.39 is 6.43 Å². The smallest absolute Gasteiger partial charge is 0.282 e. The quantitative estimate of drug-likeness (QED) is 0.728. The van der Waals surface area contributed by atoms with Crippen molar-refractivity contribution in [2.45, 2.75) is 31.7 Å².